The highest BCUT2D eigenvalue weighted by Gasteiger charge is 2.73. The first-order chi connectivity index (χ1) is 15.8. The minimum atomic E-state index is -1.28. The molecule has 0 radical (unpaired) electrons. The lowest BCUT2D eigenvalue weighted by Crippen LogP contribution is -2.57. The van der Waals surface area contributed by atoms with Crippen LogP contribution in [0.2, 0.25) is 0 Å². The number of hydrogen-bond donors (Lipinski definition) is 1. The number of hydrogen-bond acceptors (Lipinski definition) is 3. The van der Waals surface area contributed by atoms with Gasteiger partial charge in [0.25, 0.3) is 17.7 Å². The van der Waals surface area contributed by atoms with Gasteiger partial charge in [0.05, 0.1) is 11.8 Å². The van der Waals surface area contributed by atoms with Crippen molar-refractivity contribution in [2.45, 2.75) is 9.75 Å². The highest BCUT2D eigenvalue weighted by Crippen LogP contribution is 2.69. The van der Waals surface area contributed by atoms with Crippen molar-refractivity contribution in [3.63, 3.8) is 0 Å². The van der Waals surface area contributed by atoms with Crippen molar-refractivity contribution < 1.29 is 14.4 Å². The molecule has 7 rings (SSSR count). The van der Waals surface area contributed by atoms with Crippen LogP contribution in [0.5, 0.6) is 0 Å². The van der Waals surface area contributed by atoms with Gasteiger partial charge in [-0.3, -0.25) is 19.8 Å². The molecule has 3 amide bonds. The Bertz CT molecular complexity index is 1250. The van der Waals surface area contributed by atoms with E-state index in [4.69, 9.17) is 23.2 Å². The number of amides is 3. The predicted octanol–water partition coefficient (Wildman–Crippen LogP) is 4.69. The van der Waals surface area contributed by atoms with Crippen molar-refractivity contribution in [1.29, 1.82) is 0 Å². The molecule has 1 aliphatic heterocycles. The monoisotopic (exact) mass is 540 g/mol. The Labute approximate surface area is 207 Å². The Balaban J connectivity index is 1.49. The first-order valence-corrected chi connectivity index (χ1v) is 11.9. The molecule has 164 valence electrons. The van der Waals surface area contributed by atoms with Gasteiger partial charge in [0.2, 0.25) is 0 Å². The predicted molar refractivity (Wildman–Crippen MR) is 127 cm³/mol. The van der Waals surface area contributed by atoms with Gasteiger partial charge in [-0.25, -0.2) is 0 Å². The number of nitrogens with zero attached hydrogens (tertiary/aromatic N) is 1. The molecule has 1 N–H and O–H groups in total. The second-order valence-electron chi connectivity index (χ2n) is 8.43. The Morgan fingerprint density at radius 3 is 1.55 bits per heavy atom. The summed E-state index contributed by atoms with van der Waals surface area (Å²) in [6.07, 6.45) is 0. The van der Waals surface area contributed by atoms with E-state index in [1.54, 1.807) is 24.3 Å². The molecule has 3 aliphatic carbocycles. The SMILES string of the molecule is O=C(NN1C(=O)[C@@H]2[C@H](C1=O)C1(Cl)c3ccccc3C2(Cl)c2ccccc21)c1ccc(Br)cc1. The summed E-state index contributed by atoms with van der Waals surface area (Å²) in [6, 6.07) is 21.4. The first-order valence-electron chi connectivity index (χ1n) is 10.3. The van der Waals surface area contributed by atoms with E-state index in [1.165, 1.54) is 0 Å². The van der Waals surface area contributed by atoms with Gasteiger partial charge in [-0.1, -0.05) is 64.5 Å². The van der Waals surface area contributed by atoms with Crippen molar-refractivity contribution in [1.82, 2.24) is 10.4 Å². The fraction of sp³-hybridized carbons (Fsp3) is 0.160. The molecule has 4 aliphatic rings. The van der Waals surface area contributed by atoms with Crippen molar-refractivity contribution >= 4 is 56.9 Å². The third kappa shape index (κ3) is 2.52. The van der Waals surface area contributed by atoms with Crippen LogP contribution < -0.4 is 5.43 Å². The number of nitrogens with one attached hydrogen (secondary N) is 1. The Kier molecular flexibility index (Phi) is 4.38. The van der Waals surface area contributed by atoms with E-state index in [9.17, 15) is 14.4 Å². The number of carbonyl (C=O) groups excluding carboxylic acids is 3. The van der Waals surface area contributed by atoms with E-state index in [0.717, 1.165) is 9.48 Å². The van der Waals surface area contributed by atoms with Crippen LogP contribution in [0.1, 0.15) is 32.6 Å². The molecular formula is C25H15BrCl2N2O3. The van der Waals surface area contributed by atoms with E-state index in [0.29, 0.717) is 27.8 Å². The lowest BCUT2D eigenvalue weighted by atomic mass is 9.54. The summed E-state index contributed by atoms with van der Waals surface area (Å²) >= 11 is 18.0. The number of halogens is 3. The second-order valence-corrected chi connectivity index (χ2v) is 10.5. The number of rotatable bonds is 2. The third-order valence-corrected chi connectivity index (χ3v) is 8.72. The molecule has 1 heterocycles. The molecule has 1 fully saturated rings. The molecule has 5 nitrogen and oxygen atoms in total. The summed E-state index contributed by atoms with van der Waals surface area (Å²) < 4.78 is 0.804. The zero-order valence-electron chi connectivity index (χ0n) is 16.9. The van der Waals surface area contributed by atoms with Gasteiger partial charge in [-0.05, 0) is 46.5 Å². The van der Waals surface area contributed by atoms with Crippen LogP contribution in [0.25, 0.3) is 0 Å². The number of carbonyl (C=O) groups is 3. The molecule has 2 atom stereocenters. The topological polar surface area (TPSA) is 66.5 Å². The zero-order valence-corrected chi connectivity index (χ0v) is 20.0. The Morgan fingerprint density at radius 1 is 0.758 bits per heavy atom. The number of imide groups is 1. The van der Waals surface area contributed by atoms with Gasteiger partial charge < -0.3 is 0 Å². The fourth-order valence-corrected chi connectivity index (χ4v) is 6.91. The summed E-state index contributed by atoms with van der Waals surface area (Å²) in [5.41, 5.74) is 5.65. The van der Waals surface area contributed by atoms with Gasteiger partial charge in [-0.2, -0.15) is 5.01 Å². The van der Waals surface area contributed by atoms with Gasteiger partial charge in [-0.15, -0.1) is 23.2 Å². The molecule has 0 unspecified atom stereocenters. The van der Waals surface area contributed by atoms with Crippen LogP contribution in [0.4, 0.5) is 0 Å². The van der Waals surface area contributed by atoms with Crippen molar-refractivity contribution in [2.75, 3.05) is 0 Å². The first kappa shape index (κ1) is 20.9. The molecule has 3 aromatic rings. The number of benzene rings is 3. The molecule has 1 saturated heterocycles. The molecule has 33 heavy (non-hydrogen) atoms. The van der Waals surface area contributed by atoms with Crippen molar-refractivity contribution in [2.24, 2.45) is 11.8 Å². The van der Waals surface area contributed by atoms with Crippen LogP contribution in [0.3, 0.4) is 0 Å². The number of hydrazine groups is 1. The molecule has 2 bridgehead atoms. The van der Waals surface area contributed by atoms with E-state index in [-0.39, 0.29) is 0 Å². The van der Waals surface area contributed by atoms with Gasteiger partial charge >= 0.3 is 0 Å². The maximum Gasteiger partial charge on any atom is 0.270 e. The van der Waals surface area contributed by atoms with Crippen LogP contribution in [-0.4, -0.2) is 22.7 Å². The normalized spacial score (nSPS) is 28.9. The van der Waals surface area contributed by atoms with E-state index >= 15 is 0 Å². The van der Waals surface area contributed by atoms with Crippen LogP contribution in [-0.2, 0) is 19.3 Å². The summed E-state index contributed by atoms with van der Waals surface area (Å²) in [7, 11) is 0. The maximum absolute atomic E-state index is 13.7. The largest absolute Gasteiger partial charge is 0.272 e. The lowest BCUT2D eigenvalue weighted by molar-refractivity contribution is -0.142. The fourth-order valence-electron chi connectivity index (χ4n) is 5.54. The van der Waals surface area contributed by atoms with E-state index in [1.807, 2.05) is 48.5 Å². The molecule has 8 heteroatoms. The van der Waals surface area contributed by atoms with Gasteiger partial charge in [0.1, 0.15) is 9.75 Å². The molecule has 3 aromatic carbocycles. The molecule has 0 saturated carbocycles. The smallest absolute Gasteiger partial charge is 0.270 e. The van der Waals surface area contributed by atoms with E-state index in [2.05, 4.69) is 21.4 Å². The zero-order chi connectivity index (χ0) is 23.1. The second kappa shape index (κ2) is 6.92. The standard InChI is InChI=1S/C25H15BrCl2N2O3/c26-14-11-9-13(10-12-14)21(31)29-30-22(32)19-20(23(30)33)25(28)16-6-2-1-5-15(16)24(19,27)17-7-3-4-8-18(17)25/h1-12,19-20H,(H,29,31)/t19-,20+,24?,25?. The molecular weight excluding hydrogens is 527 g/mol. The highest BCUT2D eigenvalue weighted by molar-refractivity contribution is 9.10. The quantitative estimate of drug-likeness (QED) is 0.378. The van der Waals surface area contributed by atoms with Crippen LogP contribution in [0, 0.1) is 11.8 Å². The van der Waals surface area contributed by atoms with Gasteiger partial charge in [0, 0.05) is 10.0 Å². The third-order valence-electron chi connectivity index (χ3n) is 6.91. The molecule has 0 spiro atoms. The molecule has 0 aromatic heterocycles. The summed E-state index contributed by atoms with van der Waals surface area (Å²) in [6.45, 7) is 0. The summed E-state index contributed by atoms with van der Waals surface area (Å²) in [4.78, 5) is 37.6. The average Bonchev–Trinajstić information content (AvgIpc) is 3.09. The highest BCUT2D eigenvalue weighted by atomic mass is 79.9. The van der Waals surface area contributed by atoms with Gasteiger partial charge in [0.15, 0.2) is 0 Å². The maximum atomic E-state index is 13.7. The Hall–Kier alpha value is -2.67. The average molecular weight is 542 g/mol. The summed E-state index contributed by atoms with van der Waals surface area (Å²) in [5, 5.41) is 0.797. The summed E-state index contributed by atoms with van der Waals surface area (Å²) in [5.74, 6) is -3.63. The minimum absolute atomic E-state index is 0.310. The van der Waals surface area contributed by atoms with Crippen molar-refractivity contribution in [3.8, 4) is 0 Å². The van der Waals surface area contributed by atoms with Crippen molar-refractivity contribution in [3.05, 3.63) is 105 Å². The minimum Gasteiger partial charge on any atom is -0.272 e. The van der Waals surface area contributed by atoms with E-state index < -0.39 is 39.3 Å². The van der Waals surface area contributed by atoms with Crippen LogP contribution >= 0.6 is 39.1 Å². The number of alkyl halides is 2. The lowest BCUT2D eigenvalue weighted by Gasteiger charge is -2.54. The van der Waals surface area contributed by atoms with Crippen LogP contribution in [0.15, 0.2) is 77.3 Å². The Morgan fingerprint density at radius 2 is 1.15 bits per heavy atom.